The standard InChI is InChI=1S/C16H22N2O.ClH/c1-17-11-15-6-3-9-18(15)16(19)14-8-7-12-4-2-5-13(12)10-14;/h7-8,10,15,17H,2-6,9,11H2,1H3;1H. The minimum atomic E-state index is 0. The van der Waals surface area contributed by atoms with Gasteiger partial charge < -0.3 is 10.2 Å². The first-order chi connectivity index (χ1) is 9.29. The Balaban J connectivity index is 0.00000147. The second-order valence-corrected chi connectivity index (χ2v) is 5.69. The Hall–Kier alpha value is -1.06. The lowest BCUT2D eigenvalue weighted by atomic mass is 10.1. The molecule has 3 nitrogen and oxygen atoms in total. The third-order valence-corrected chi connectivity index (χ3v) is 4.42. The Morgan fingerprint density at radius 1 is 1.30 bits per heavy atom. The Labute approximate surface area is 127 Å². The van der Waals surface area contributed by atoms with Crippen LogP contribution in [-0.4, -0.2) is 37.0 Å². The molecule has 1 fully saturated rings. The number of likely N-dealkylation sites (N-methyl/N-ethyl adjacent to an activating group) is 1. The summed E-state index contributed by atoms with van der Waals surface area (Å²) in [6, 6.07) is 6.66. The molecule has 110 valence electrons. The molecular weight excluding hydrogens is 272 g/mol. The van der Waals surface area contributed by atoms with E-state index in [1.165, 1.54) is 24.0 Å². The first-order valence-electron chi connectivity index (χ1n) is 7.37. The molecule has 4 heteroatoms. The van der Waals surface area contributed by atoms with Gasteiger partial charge in [0.15, 0.2) is 0 Å². The predicted octanol–water partition coefficient (Wildman–Crippen LogP) is 2.42. The summed E-state index contributed by atoms with van der Waals surface area (Å²) in [5.74, 6) is 0.215. The fraction of sp³-hybridized carbons (Fsp3) is 0.562. The van der Waals surface area contributed by atoms with Crippen molar-refractivity contribution in [1.82, 2.24) is 10.2 Å². The Morgan fingerprint density at radius 2 is 2.10 bits per heavy atom. The number of benzene rings is 1. The van der Waals surface area contributed by atoms with Gasteiger partial charge in [0.05, 0.1) is 0 Å². The molecule has 1 aliphatic carbocycles. The maximum absolute atomic E-state index is 12.6. The van der Waals surface area contributed by atoms with Crippen LogP contribution in [0.2, 0.25) is 0 Å². The highest BCUT2D eigenvalue weighted by molar-refractivity contribution is 5.95. The Kier molecular flexibility index (Phi) is 5.06. The zero-order valence-corrected chi connectivity index (χ0v) is 12.8. The van der Waals surface area contributed by atoms with E-state index < -0.39 is 0 Å². The summed E-state index contributed by atoms with van der Waals surface area (Å²) < 4.78 is 0. The number of amides is 1. The first kappa shape index (κ1) is 15.3. The fourth-order valence-electron chi connectivity index (χ4n) is 3.42. The molecule has 1 unspecified atom stereocenters. The third-order valence-electron chi connectivity index (χ3n) is 4.42. The molecule has 0 radical (unpaired) electrons. The van der Waals surface area contributed by atoms with Crippen molar-refractivity contribution in [2.75, 3.05) is 20.1 Å². The number of hydrogen-bond acceptors (Lipinski definition) is 2. The van der Waals surface area contributed by atoms with Crippen LogP contribution in [0.25, 0.3) is 0 Å². The molecule has 0 spiro atoms. The summed E-state index contributed by atoms with van der Waals surface area (Å²) in [5.41, 5.74) is 3.70. The number of fused-ring (bicyclic) bond motifs is 1. The van der Waals surface area contributed by atoms with Crippen LogP contribution in [0.1, 0.15) is 40.7 Å². The van der Waals surface area contributed by atoms with Crippen molar-refractivity contribution in [3.05, 3.63) is 34.9 Å². The second kappa shape index (κ2) is 6.59. The largest absolute Gasteiger partial charge is 0.334 e. The van der Waals surface area contributed by atoms with E-state index in [0.29, 0.717) is 6.04 Å². The number of nitrogens with zero attached hydrogens (tertiary/aromatic N) is 1. The minimum Gasteiger partial charge on any atom is -0.334 e. The number of carbonyl (C=O) groups is 1. The Bertz CT molecular complexity index is 489. The van der Waals surface area contributed by atoms with Crippen LogP contribution >= 0.6 is 12.4 Å². The van der Waals surface area contributed by atoms with Gasteiger partial charge in [0.1, 0.15) is 0 Å². The molecule has 0 aromatic heterocycles. The maximum atomic E-state index is 12.6. The van der Waals surface area contributed by atoms with E-state index >= 15 is 0 Å². The molecule has 1 amide bonds. The zero-order chi connectivity index (χ0) is 13.2. The van der Waals surface area contributed by atoms with Crippen LogP contribution in [0.5, 0.6) is 0 Å². The average Bonchev–Trinajstić information content (AvgIpc) is 3.05. The molecule has 1 aliphatic heterocycles. The van der Waals surface area contributed by atoms with Crippen molar-refractivity contribution >= 4 is 18.3 Å². The lowest BCUT2D eigenvalue weighted by Gasteiger charge is -2.24. The van der Waals surface area contributed by atoms with Gasteiger partial charge in [0, 0.05) is 24.7 Å². The van der Waals surface area contributed by atoms with Gasteiger partial charge >= 0.3 is 0 Å². The van der Waals surface area contributed by atoms with Crippen molar-refractivity contribution in [3.63, 3.8) is 0 Å². The summed E-state index contributed by atoms with van der Waals surface area (Å²) in [5, 5.41) is 3.19. The number of carbonyl (C=O) groups excluding carboxylic acids is 1. The smallest absolute Gasteiger partial charge is 0.254 e. The van der Waals surface area contributed by atoms with E-state index in [2.05, 4.69) is 17.4 Å². The summed E-state index contributed by atoms with van der Waals surface area (Å²) >= 11 is 0. The number of halogens is 1. The second-order valence-electron chi connectivity index (χ2n) is 5.69. The van der Waals surface area contributed by atoms with Gasteiger partial charge in [0.2, 0.25) is 0 Å². The van der Waals surface area contributed by atoms with E-state index in [9.17, 15) is 4.79 Å². The van der Waals surface area contributed by atoms with E-state index in [1.54, 1.807) is 0 Å². The van der Waals surface area contributed by atoms with Crippen molar-refractivity contribution in [3.8, 4) is 0 Å². The summed E-state index contributed by atoms with van der Waals surface area (Å²) in [6.45, 7) is 1.80. The molecule has 20 heavy (non-hydrogen) atoms. The van der Waals surface area contributed by atoms with Crippen LogP contribution in [0.3, 0.4) is 0 Å². The topological polar surface area (TPSA) is 32.3 Å². The molecule has 0 saturated carbocycles. The van der Waals surface area contributed by atoms with Gasteiger partial charge in [-0.1, -0.05) is 6.07 Å². The highest BCUT2D eigenvalue weighted by Crippen LogP contribution is 2.25. The van der Waals surface area contributed by atoms with Gasteiger partial charge in [-0.25, -0.2) is 0 Å². The number of aryl methyl sites for hydroxylation is 2. The first-order valence-corrected chi connectivity index (χ1v) is 7.37. The monoisotopic (exact) mass is 294 g/mol. The number of hydrogen-bond donors (Lipinski definition) is 1. The van der Waals surface area contributed by atoms with Crippen LogP contribution in [0.4, 0.5) is 0 Å². The lowest BCUT2D eigenvalue weighted by Crippen LogP contribution is -2.40. The molecule has 1 atom stereocenters. The molecular formula is C16H23ClN2O. The average molecular weight is 295 g/mol. The molecule has 1 heterocycles. The number of rotatable bonds is 3. The summed E-state index contributed by atoms with van der Waals surface area (Å²) in [7, 11) is 1.95. The lowest BCUT2D eigenvalue weighted by molar-refractivity contribution is 0.0737. The Morgan fingerprint density at radius 3 is 2.90 bits per heavy atom. The van der Waals surface area contributed by atoms with E-state index in [4.69, 9.17) is 0 Å². The van der Waals surface area contributed by atoms with Crippen molar-refractivity contribution in [1.29, 1.82) is 0 Å². The molecule has 1 saturated heterocycles. The maximum Gasteiger partial charge on any atom is 0.254 e. The van der Waals surface area contributed by atoms with Crippen molar-refractivity contribution in [2.45, 2.75) is 38.1 Å². The van der Waals surface area contributed by atoms with Gasteiger partial charge in [0.25, 0.3) is 5.91 Å². The number of likely N-dealkylation sites (tertiary alicyclic amines) is 1. The summed E-state index contributed by atoms with van der Waals surface area (Å²) in [4.78, 5) is 14.7. The van der Waals surface area contributed by atoms with Crippen LogP contribution in [-0.2, 0) is 12.8 Å². The molecule has 1 aromatic carbocycles. The zero-order valence-electron chi connectivity index (χ0n) is 12.0. The minimum absolute atomic E-state index is 0. The van der Waals surface area contributed by atoms with Crippen LogP contribution in [0, 0.1) is 0 Å². The van der Waals surface area contributed by atoms with E-state index in [1.807, 2.05) is 18.0 Å². The predicted molar refractivity (Wildman–Crippen MR) is 83.7 cm³/mol. The number of nitrogens with one attached hydrogen (secondary N) is 1. The van der Waals surface area contributed by atoms with Crippen molar-refractivity contribution in [2.24, 2.45) is 0 Å². The molecule has 1 aromatic rings. The van der Waals surface area contributed by atoms with Gasteiger partial charge in [-0.2, -0.15) is 0 Å². The van der Waals surface area contributed by atoms with Gasteiger partial charge in [-0.3, -0.25) is 4.79 Å². The van der Waals surface area contributed by atoms with Crippen molar-refractivity contribution < 1.29 is 4.79 Å². The molecule has 0 bridgehead atoms. The highest BCUT2D eigenvalue weighted by atomic mass is 35.5. The highest BCUT2D eigenvalue weighted by Gasteiger charge is 2.29. The summed E-state index contributed by atoms with van der Waals surface area (Å²) in [6.07, 6.45) is 5.80. The van der Waals surface area contributed by atoms with E-state index in [0.717, 1.165) is 37.9 Å². The van der Waals surface area contributed by atoms with Crippen LogP contribution < -0.4 is 5.32 Å². The molecule has 3 rings (SSSR count). The molecule has 1 N–H and O–H groups in total. The van der Waals surface area contributed by atoms with E-state index in [-0.39, 0.29) is 18.3 Å². The normalized spacial score (nSPS) is 20.6. The fourth-order valence-corrected chi connectivity index (χ4v) is 3.42. The van der Waals surface area contributed by atoms with Crippen LogP contribution in [0.15, 0.2) is 18.2 Å². The van der Waals surface area contributed by atoms with Gasteiger partial charge in [-0.05, 0) is 62.4 Å². The van der Waals surface area contributed by atoms with Gasteiger partial charge in [-0.15, -0.1) is 12.4 Å². The quantitative estimate of drug-likeness (QED) is 0.928. The third kappa shape index (κ3) is 2.84. The SMILES string of the molecule is CNCC1CCCN1C(=O)c1ccc2c(c1)CCC2.Cl. The molecule has 2 aliphatic rings.